The summed E-state index contributed by atoms with van der Waals surface area (Å²) < 4.78 is 11.5. The predicted octanol–water partition coefficient (Wildman–Crippen LogP) is 5.94. The topological polar surface area (TPSA) is 173 Å². The van der Waals surface area contributed by atoms with Gasteiger partial charge in [0.1, 0.15) is 17.6 Å². The standard InChI is InChI=1S/C40H45ClN4O8S2/c1-45(25-7-9-26(10-8-25)53-39(50)40(51,34-5-3-19-54-34)35-6-4-20-55-35)18-16-37(49)43-30-22-33(52-2)24(21-29(30)41)15-17-42-23-32(47)27-11-13-31(46)38-28(27)12-14-36(48)44-38/h3-6,11-14,19-22,25-26,32,42,46-47,51H,7-10,15-18,23H2,1-2H3,(H,43,49)(H,44,48)/t25?,26?,32-/m1/s1. The van der Waals surface area contributed by atoms with Gasteiger partial charge in [0, 0.05) is 43.1 Å². The number of methoxy groups -OCH3 is 1. The molecule has 6 N–H and O–H groups in total. The Morgan fingerprint density at radius 1 is 1.05 bits per heavy atom. The molecule has 0 spiro atoms. The maximum Gasteiger partial charge on any atom is 0.349 e. The minimum Gasteiger partial charge on any atom is -0.506 e. The van der Waals surface area contributed by atoms with E-state index < -0.39 is 17.7 Å². The number of amides is 1. The van der Waals surface area contributed by atoms with Crippen LogP contribution in [0.5, 0.6) is 11.5 Å². The number of esters is 1. The summed E-state index contributed by atoms with van der Waals surface area (Å²) in [6, 6.07) is 16.8. The van der Waals surface area contributed by atoms with E-state index in [1.807, 2.05) is 29.9 Å². The Morgan fingerprint density at radius 3 is 2.42 bits per heavy atom. The van der Waals surface area contributed by atoms with Crippen molar-refractivity contribution in [2.45, 2.75) is 62.4 Å². The normalized spacial score (nSPS) is 16.6. The van der Waals surface area contributed by atoms with Crippen LogP contribution in [-0.2, 0) is 26.3 Å². The summed E-state index contributed by atoms with van der Waals surface area (Å²) in [5.74, 6) is -0.342. The lowest BCUT2D eigenvalue weighted by Crippen LogP contribution is -2.42. The number of carbonyl (C=O) groups excluding carboxylic acids is 2. The van der Waals surface area contributed by atoms with E-state index in [2.05, 4.69) is 20.5 Å². The number of phenols is 1. The zero-order valence-electron chi connectivity index (χ0n) is 30.5. The molecule has 1 aliphatic rings. The molecule has 0 bridgehead atoms. The lowest BCUT2D eigenvalue weighted by atomic mass is 9.91. The van der Waals surface area contributed by atoms with Crippen molar-refractivity contribution in [2.75, 3.05) is 39.1 Å². The number of aromatic hydroxyl groups is 1. The third-order valence-corrected chi connectivity index (χ3v) is 12.4. The molecule has 3 aromatic heterocycles. The molecular formula is C40H45ClN4O8S2. The van der Waals surface area contributed by atoms with Crippen LogP contribution in [0, 0.1) is 0 Å². The van der Waals surface area contributed by atoms with Crippen molar-refractivity contribution >= 4 is 62.7 Å². The molecular weight excluding hydrogens is 764 g/mol. The smallest absolute Gasteiger partial charge is 0.349 e. The molecule has 1 saturated carbocycles. The Balaban J connectivity index is 0.946. The van der Waals surface area contributed by atoms with Gasteiger partial charge in [-0.15, -0.1) is 22.7 Å². The number of ether oxygens (including phenoxy) is 2. The second-order valence-corrected chi connectivity index (χ2v) is 16.0. The van der Waals surface area contributed by atoms with Gasteiger partial charge >= 0.3 is 5.97 Å². The maximum atomic E-state index is 13.4. The van der Waals surface area contributed by atoms with E-state index in [4.69, 9.17) is 21.1 Å². The summed E-state index contributed by atoms with van der Waals surface area (Å²) in [6.07, 6.45) is 2.50. The second kappa shape index (κ2) is 18.1. The van der Waals surface area contributed by atoms with Gasteiger partial charge in [-0.05, 0) is 97.9 Å². The highest BCUT2D eigenvalue weighted by Crippen LogP contribution is 2.38. The number of nitrogens with zero attached hydrogens (tertiary/aromatic N) is 1. The minimum atomic E-state index is -1.82. The fourth-order valence-electron chi connectivity index (χ4n) is 7.00. The van der Waals surface area contributed by atoms with E-state index in [9.17, 15) is 29.7 Å². The van der Waals surface area contributed by atoms with Crippen molar-refractivity contribution < 1.29 is 34.4 Å². The zero-order valence-corrected chi connectivity index (χ0v) is 32.9. The fourth-order valence-corrected chi connectivity index (χ4v) is 8.95. The van der Waals surface area contributed by atoms with Crippen LogP contribution in [0.2, 0.25) is 5.02 Å². The minimum absolute atomic E-state index is 0.0695. The van der Waals surface area contributed by atoms with Crippen molar-refractivity contribution in [2.24, 2.45) is 0 Å². The average Bonchev–Trinajstić information content (AvgIpc) is 3.93. The molecule has 0 unspecified atom stereocenters. The number of H-pyrrole nitrogens is 1. The number of anilines is 1. The Kier molecular flexibility index (Phi) is 13.3. The van der Waals surface area contributed by atoms with Gasteiger partial charge in [0.2, 0.25) is 17.1 Å². The molecule has 0 saturated heterocycles. The molecule has 0 aliphatic heterocycles. The van der Waals surface area contributed by atoms with Crippen LogP contribution in [0.3, 0.4) is 0 Å². The lowest BCUT2D eigenvalue weighted by Gasteiger charge is -2.35. The van der Waals surface area contributed by atoms with Gasteiger partial charge in [0.25, 0.3) is 0 Å². The Labute approximate surface area is 331 Å². The number of benzene rings is 2. The number of hydrogen-bond donors (Lipinski definition) is 6. The number of nitrogens with one attached hydrogen (secondary N) is 3. The highest BCUT2D eigenvalue weighted by Gasteiger charge is 2.45. The number of aromatic nitrogens is 1. The summed E-state index contributed by atoms with van der Waals surface area (Å²) in [7, 11) is 3.54. The molecule has 6 rings (SSSR count). The molecule has 15 heteroatoms. The third-order valence-electron chi connectivity index (χ3n) is 10.1. The molecule has 1 fully saturated rings. The number of aromatic amines is 1. The van der Waals surface area contributed by atoms with E-state index in [-0.39, 0.29) is 47.8 Å². The first kappa shape index (κ1) is 40.4. The van der Waals surface area contributed by atoms with Crippen LogP contribution < -0.4 is 20.9 Å². The number of aliphatic hydroxyl groups excluding tert-OH is 1. The average molecular weight is 809 g/mol. The fraction of sp³-hybridized carbons (Fsp3) is 0.375. The number of carbonyl (C=O) groups is 2. The summed E-state index contributed by atoms with van der Waals surface area (Å²) >= 11 is 9.25. The number of pyridine rings is 1. The van der Waals surface area contributed by atoms with Crippen LogP contribution in [0.1, 0.15) is 59.1 Å². The number of hydrogen-bond acceptors (Lipinski definition) is 12. The molecule has 5 aromatic rings. The largest absolute Gasteiger partial charge is 0.506 e. The van der Waals surface area contributed by atoms with Crippen LogP contribution in [0.25, 0.3) is 10.9 Å². The molecule has 12 nitrogen and oxygen atoms in total. The van der Waals surface area contributed by atoms with Crippen LogP contribution in [0.4, 0.5) is 5.69 Å². The van der Waals surface area contributed by atoms with Crippen molar-refractivity contribution in [3.8, 4) is 11.5 Å². The van der Waals surface area contributed by atoms with Gasteiger partial charge in [-0.1, -0.05) is 29.8 Å². The number of halogens is 1. The molecule has 1 amide bonds. The number of thiophene rings is 2. The zero-order chi connectivity index (χ0) is 39.1. The Hall–Kier alpha value is -4.28. The SMILES string of the molecule is COc1cc(NC(=O)CCN(C)C2CCC(OC(=O)C(O)(c3cccs3)c3cccs3)CC2)c(Cl)cc1CCNC[C@@H](O)c1ccc(O)c2[nH]c(=O)ccc12. The first-order valence-electron chi connectivity index (χ1n) is 18.1. The van der Waals surface area contributed by atoms with E-state index in [0.717, 1.165) is 18.4 Å². The monoisotopic (exact) mass is 808 g/mol. The molecule has 2 aromatic carbocycles. The van der Waals surface area contributed by atoms with E-state index in [0.29, 0.717) is 69.5 Å². The first-order valence-corrected chi connectivity index (χ1v) is 20.2. The van der Waals surface area contributed by atoms with Gasteiger partial charge in [-0.2, -0.15) is 0 Å². The summed E-state index contributed by atoms with van der Waals surface area (Å²) in [6.45, 7) is 1.24. The van der Waals surface area contributed by atoms with E-state index in [1.165, 1.54) is 34.8 Å². The van der Waals surface area contributed by atoms with Gasteiger partial charge in [0.05, 0.1) is 39.2 Å². The highest BCUT2D eigenvalue weighted by molar-refractivity contribution is 7.12. The van der Waals surface area contributed by atoms with Gasteiger partial charge in [-0.25, -0.2) is 4.79 Å². The maximum absolute atomic E-state index is 13.4. The highest BCUT2D eigenvalue weighted by atomic mass is 35.5. The molecule has 1 atom stereocenters. The van der Waals surface area contributed by atoms with Crippen LogP contribution in [0.15, 0.2) is 76.2 Å². The van der Waals surface area contributed by atoms with Gasteiger partial charge < -0.3 is 45.3 Å². The summed E-state index contributed by atoms with van der Waals surface area (Å²) in [4.78, 5) is 44.0. The molecule has 0 radical (unpaired) electrons. The quantitative estimate of drug-likeness (QED) is 0.0518. The molecule has 55 heavy (non-hydrogen) atoms. The van der Waals surface area contributed by atoms with Crippen molar-refractivity contribution in [3.05, 3.63) is 108 Å². The lowest BCUT2D eigenvalue weighted by molar-refractivity contribution is -0.169. The summed E-state index contributed by atoms with van der Waals surface area (Å²) in [5.41, 5.74) is -0.0489. The van der Waals surface area contributed by atoms with Crippen LogP contribution >= 0.6 is 34.3 Å². The number of rotatable bonds is 16. The Morgan fingerprint density at radius 2 is 1.76 bits per heavy atom. The third kappa shape index (κ3) is 9.41. The summed E-state index contributed by atoms with van der Waals surface area (Å²) in [5, 5.41) is 43.3. The number of aliphatic hydroxyl groups is 2. The molecule has 1 aliphatic carbocycles. The first-order chi connectivity index (χ1) is 26.5. The number of fused-ring (bicyclic) bond motifs is 1. The van der Waals surface area contributed by atoms with Crippen molar-refractivity contribution in [1.29, 1.82) is 0 Å². The number of phenolic OH excluding ortho intramolecular Hbond substituents is 1. The predicted molar refractivity (Wildman–Crippen MR) is 215 cm³/mol. The van der Waals surface area contributed by atoms with Crippen molar-refractivity contribution in [1.82, 2.24) is 15.2 Å². The van der Waals surface area contributed by atoms with Gasteiger partial charge in [-0.3, -0.25) is 9.59 Å². The Bertz CT molecular complexity index is 2100. The van der Waals surface area contributed by atoms with Crippen molar-refractivity contribution in [3.63, 3.8) is 0 Å². The van der Waals surface area contributed by atoms with Gasteiger partial charge in [0.15, 0.2) is 0 Å². The van der Waals surface area contributed by atoms with Crippen LogP contribution in [-0.4, -0.2) is 83.0 Å². The van der Waals surface area contributed by atoms with E-state index >= 15 is 0 Å². The molecule has 292 valence electrons. The van der Waals surface area contributed by atoms with E-state index in [1.54, 1.807) is 43.5 Å². The molecule has 3 heterocycles. The second-order valence-electron chi connectivity index (χ2n) is 13.7.